The van der Waals surface area contributed by atoms with E-state index in [9.17, 15) is 13.2 Å². The molecule has 10 heteroatoms. The van der Waals surface area contributed by atoms with Gasteiger partial charge in [-0.2, -0.15) is 18.3 Å². The number of methoxy groups -OCH3 is 1. The van der Waals surface area contributed by atoms with Crippen LogP contribution in [0.2, 0.25) is 10.0 Å². The topological polar surface area (TPSA) is 33.5 Å². The standard InChI is InChI=1S/C26H29Cl2F3N4O/c1-5-23-20(14-34-13-17-9-7-6-8-16(17)10-19(34)15-36-4)25(33(2)3)35(32-23)24-21(27)11-18(12-22(24)28)26(29,30)31/h6-9,11-12,19H,5,10,13-15H2,1-4H3. The number of hydrogen-bond acceptors (Lipinski definition) is 4. The third-order valence-electron chi connectivity index (χ3n) is 6.54. The molecule has 1 aromatic heterocycles. The van der Waals surface area contributed by atoms with Gasteiger partial charge in [-0.1, -0.05) is 54.4 Å². The largest absolute Gasteiger partial charge is 0.416 e. The molecular weight excluding hydrogens is 512 g/mol. The predicted octanol–water partition coefficient (Wildman–Crippen LogP) is 6.40. The first-order valence-corrected chi connectivity index (χ1v) is 12.4. The third-order valence-corrected chi connectivity index (χ3v) is 7.11. The van der Waals surface area contributed by atoms with Gasteiger partial charge in [-0.3, -0.25) is 4.90 Å². The molecule has 0 aliphatic carbocycles. The molecule has 3 aromatic rings. The first-order valence-electron chi connectivity index (χ1n) is 11.7. The van der Waals surface area contributed by atoms with E-state index >= 15 is 0 Å². The number of aromatic nitrogens is 2. The molecule has 2 heterocycles. The van der Waals surface area contributed by atoms with Gasteiger partial charge in [-0.05, 0) is 36.1 Å². The highest BCUT2D eigenvalue weighted by Crippen LogP contribution is 2.40. The number of anilines is 1. The van der Waals surface area contributed by atoms with E-state index in [4.69, 9.17) is 33.0 Å². The molecule has 5 nitrogen and oxygen atoms in total. The van der Waals surface area contributed by atoms with Crippen molar-refractivity contribution in [3.63, 3.8) is 0 Å². The van der Waals surface area contributed by atoms with Crippen molar-refractivity contribution in [1.82, 2.24) is 14.7 Å². The van der Waals surface area contributed by atoms with E-state index < -0.39 is 11.7 Å². The van der Waals surface area contributed by atoms with Crippen molar-refractivity contribution in [2.24, 2.45) is 0 Å². The molecule has 0 saturated heterocycles. The average molecular weight is 541 g/mol. The minimum atomic E-state index is -4.55. The van der Waals surface area contributed by atoms with Crippen LogP contribution in [0.1, 0.15) is 34.9 Å². The van der Waals surface area contributed by atoms with Crippen LogP contribution in [0.3, 0.4) is 0 Å². The van der Waals surface area contributed by atoms with Crippen LogP contribution >= 0.6 is 23.2 Å². The van der Waals surface area contributed by atoms with E-state index in [1.54, 1.807) is 11.8 Å². The summed E-state index contributed by atoms with van der Waals surface area (Å²) in [5.74, 6) is 0.727. The van der Waals surface area contributed by atoms with E-state index in [1.165, 1.54) is 11.1 Å². The highest BCUT2D eigenvalue weighted by atomic mass is 35.5. The minimum Gasteiger partial charge on any atom is -0.383 e. The van der Waals surface area contributed by atoms with E-state index in [0.29, 0.717) is 19.6 Å². The first-order chi connectivity index (χ1) is 17.0. The molecule has 0 amide bonds. The fourth-order valence-corrected chi connectivity index (χ4v) is 5.51. The number of ether oxygens (including phenoxy) is 1. The van der Waals surface area contributed by atoms with Gasteiger partial charge >= 0.3 is 6.18 Å². The highest BCUT2D eigenvalue weighted by Gasteiger charge is 2.34. The Bertz CT molecular complexity index is 1220. The van der Waals surface area contributed by atoms with Gasteiger partial charge in [0.05, 0.1) is 27.9 Å². The fourth-order valence-electron chi connectivity index (χ4n) is 4.86. The molecule has 0 saturated carbocycles. The average Bonchev–Trinajstić information content (AvgIpc) is 3.16. The van der Waals surface area contributed by atoms with Crippen molar-refractivity contribution in [2.75, 3.05) is 32.7 Å². The summed E-state index contributed by atoms with van der Waals surface area (Å²) in [7, 11) is 5.45. The summed E-state index contributed by atoms with van der Waals surface area (Å²) >= 11 is 12.8. The van der Waals surface area contributed by atoms with Gasteiger partial charge < -0.3 is 9.64 Å². The Morgan fingerprint density at radius 3 is 2.31 bits per heavy atom. The second-order valence-corrected chi connectivity index (χ2v) is 10.00. The predicted molar refractivity (Wildman–Crippen MR) is 137 cm³/mol. The van der Waals surface area contributed by atoms with Gasteiger partial charge in [-0.15, -0.1) is 0 Å². The van der Waals surface area contributed by atoms with Gasteiger partial charge in [0, 0.05) is 45.9 Å². The van der Waals surface area contributed by atoms with Crippen LogP contribution in [0.5, 0.6) is 0 Å². The van der Waals surface area contributed by atoms with Crippen molar-refractivity contribution >= 4 is 29.0 Å². The lowest BCUT2D eigenvalue weighted by atomic mass is 9.93. The highest BCUT2D eigenvalue weighted by molar-refractivity contribution is 6.38. The number of hydrogen-bond donors (Lipinski definition) is 0. The van der Waals surface area contributed by atoms with Gasteiger partial charge in [0.1, 0.15) is 11.5 Å². The molecule has 36 heavy (non-hydrogen) atoms. The Morgan fingerprint density at radius 2 is 1.75 bits per heavy atom. The molecule has 0 radical (unpaired) electrons. The quantitative estimate of drug-likeness (QED) is 0.347. The summed E-state index contributed by atoms with van der Waals surface area (Å²) < 4.78 is 47.1. The monoisotopic (exact) mass is 540 g/mol. The number of aryl methyl sites for hydroxylation is 1. The van der Waals surface area contributed by atoms with E-state index in [2.05, 4.69) is 23.1 Å². The van der Waals surface area contributed by atoms with Crippen LogP contribution < -0.4 is 4.90 Å². The number of benzene rings is 2. The van der Waals surface area contributed by atoms with Crippen molar-refractivity contribution < 1.29 is 17.9 Å². The summed E-state index contributed by atoms with van der Waals surface area (Å²) in [6.07, 6.45) is -3.05. The van der Waals surface area contributed by atoms with Crippen LogP contribution in [-0.2, 0) is 36.8 Å². The van der Waals surface area contributed by atoms with Crippen LogP contribution in [-0.4, -0.2) is 48.5 Å². The second-order valence-electron chi connectivity index (χ2n) is 9.18. The van der Waals surface area contributed by atoms with Crippen LogP contribution in [0.4, 0.5) is 19.0 Å². The molecule has 194 valence electrons. The van der Waals surface area contributed by atoms with Gasteiger partial charge in [0.25, 0.3) is 0 Å². The van der Waals surface area contributed by atoms with E-state index in [1.807, 2.05) is 32.0 Å². The molecule has 2 aromatic carbocycles. The summed E-state index contributed by atoms with van der Waals surface area (Å²) in [5, 5.41) is 4.56. The molecule has 0 N–H and O–H groups in total. The van der Waals surface area contributed by atoms with Gasteiger partial charge in [0.2, 0.25) is 0 Å². The van der Waals surface area contributed by atoms with Crippen molar-refractivity contribution in [2.45, 2.75) is 45.1 Å². The Balaban J connectivity index is 1.80. The normalized spacial score (nSPS) is 16.3. The third kappa shape index (κ3) is 5.23. The van der Waals surface area contributed by atoms with Crippen molar-refractivity contribution in [3.8, 4) is 5.69 Å². The Hall–Kier alpha value is -2.26. The molecule has 4 rings (SSSR count). The minimum absolute atomic E-state index is 0.112. The molecule has 1 aliphatic rings. The summed E-state index contributed by atoms with van der Waals surface area (Å²) in [6, 6.07) is 10.4. The van der Waals surface area contributed by atoms with Gasteiger partial charge in [-0.25, -0.2) is 4.68 Å². The molecule has 0 fully saturated rings. The van der Waals surface area contributed by atoms with E-state index in [0.717, 1.165) is 42.2 Å². The lowest BCUT2D eigenvalue weighted by Crippen LogP contribution is -2.42. The van der Waals surface area contributed by atoms with Crippen LogP contribution in [0.15, 0.2) is 36.4 Å². The summed E-state index contributed by atoms with van der Waals surface area (Å²) in [5.41, 5.74) is 3.74. The number of alkyl halides is 3. The number of fused-ring (bicyclic) bond motifs is 1. The summed E-state index contributed by atoms with van der Waals surface area (Å²) in [6.45, 7) is 3.93. The lowest BCUT2D eigenvalue weighted by molar-refractivity contribution is -0.137. The molecule has 0 spiro atoms. The number of halogens is 5. The Labute approximate surface area is 219 Å². The maximum atomic E-state index is 13.3. The maximum Gasteiger partial charge on any atom is 0.416 e. The zero-order valence-corrected chi connectivity index (χ0v) is 22.2. The molecule has 1 atom stereocenters. The maximum absolute atomic E-state index is 13.3. The Kier molecular flexibility index (Phi) is 7.90. The first kappa shape index (κ1) is 26.8. The van der Waals surface area contributed by atoms with Crippen LogP contribution in [0.25, 0.3) is 5.69 Å². The zero-order valence-electron chi connectivity index (χ0n) is 20.7. The van der Waals surface area contributed by atoms with Crippen molar-refractivity contribution in [3.05, 3.63) is 74.4 Å². The van der Waals surface area contributed by atoms with Crippen LogP contribution in [0, 0.1) is 0 Å². The SMILES string of the molecule is CCc1nn(-c2c(Cl)cc(C(F)(F)F)cc2Cl)c(N(C)C)c1CN1Cc2ccccc2CC1COC. The van der Waals surface area contributed by atoms with Crippen molar-refractivity contribution in [1.29, 1.82) is 0 Å². The van der Waals surface area contributed by atoms with Gasteiger partial charge in [0.15, 0.2) is 0 Å². The van der Waals surface area contributed by atoms with E-state index in [-0.39, 0.29) is 21.8 Å². The lowest BCUT2D eigenvalue weighted by Gasteiger charge is -2.37. The second kappa shape index (κ2) is 10.6. The number of nitrogens with zero attached hydrogens (tertiary/aromatic N) is 4. The molecule has 1 aliphatic heterocycles. The smallest absolute Gasteiger partial charge is 0.383 e. The number of rotatable bonds is 7. The summed E-state index contributed by atoms with van der Waals surface area (Å²) in [4.78, 5) is 4.27. The Morgan fingerprint density at radius 1 is 1.11 bits per heavy atom. The molecule has 1 unspecified atom stereocenters. The molecule has 0 bridgehead atoms. The molecular formula is C26H29Cl2F3N4O. The fraction of sp³-hybridized carbons (Fsp3) is 0.423. The zero-order chi connectivity index (χ0) is 26.2.